The molecule has 0 atom stereocenters. The molecule has 1 aromatic rings. The summed E-state index contributed by atoms with van der Waals surface area (Å²) in [4.78, 5) is 12.3. The predicted octanol–water partition coefficient (Wildman–Crippen LogP) is 3.04. The van der Waals surface area contributed by atoms with E-state index in [1.165, 1.54) is 0 Å². The molecule has 0 aliphatic heterocycles. The lowest BCUT2D eigenvalue weighted by molar-refractivity contribution is 0.0951. The first-order valence-corrected chi connectivity index (χ1v) is 5.77. The Kier molecular flexibility index (Phi) is 4.91. The normalized spacial score (nSPS) is 9.73. The maximum Gasteiger partial charge on any atom is 0.252 e. The summed E-state index contributed by atoms with van der Waals surface area (Å²) in [7, 11) is 0. The first-order chi connectivity index (χ1) is 7.15. The largest absolute Gasteiger partial charge is 0.352 e. The molecule has 0 spiro atoms. The summed E-state index contributed by atoms with van der Waals surface area (Å²) in [6.45, 7) is 4.19. The minimum Gasteiger partial charge on any atom is -0.352 e. The highest BCUT2D eigenvalue weighted by Crippen LogP contribution is 2.19. The van der Waals surface area contributed by atoms with Gasteiger partial charge in [-0.15, -0.1) is 19.2 Å². The lowest BCUT2D eigenvalue weighted by Crippen LogP contribution is -2.24. The van der Waals surface area contributed by atoms with E-state index in [0.29, 0.717) is 17.0 Å². The molecule has 80 valence electrons. The van der Waals surface area contributed by atoms with Crippen LogP contribution in [0.25, 0.3) is 0 Å². The van der Waals surface area contributed by atoms with E-state index < -0.39 is 0 Å². The zero-order valence-corrected chi connectivity index (χ0v) is 10.6. The molecule has 0 bridgehead atoms. The van der Waals surface area contributed by atoms with Gasteiger partial charge in [0.25, 0.3) is 5.91 Å². The van der Waals surface area contributed by atoms with Crippen molar-refractivity contribution in [1.82, 2.24) is 5.32 Å². The van der Waals surface area contributed by atoms with Crippen LogP contribution in [0.3, 0.4) is 0 Å². The summed E-state index contributed by atoms with van der Waals surface area (Å²) < 4.78 is 0.912. The summed E-state index contributed by atoms with van der Waals surface area (Å²) in [6, 6.07) is 5.36. The molecular weight excluding hydrogens is 274 g/mol. The monoisotopic (exact) mass is 285 g/mol. The molecule has 0 saturated carbocycles. The summed E-state index contributed by atoms with van der Waals surface area (Å²) in [5.41, 5.74) is 0.589. The van der Waals surface area contributed by atoms with Crippen molar-refractivity contribution in [3.8, 4) is 0 Å². The molecule has 0 fully saturated rings. The number of benzene rings is 1. The fraction of sp³-hybridized carbons (Fsp3) is 0.182. The van der Waals surface area contributed by atoms with Gasteiger partial charge in [-0.25, -0.2) is 0 Å². The van der Waals surface area contributed by atoms with Crippen LogP contribution in [0.5, 0.6) is 0 Å². The van der Waals surface area contributed by atoms with Crippen molar-refractivity contribution in [1.29, 1.82) is 0 Å². The van der Waals surface area contributed by atoms with Crippen LogP contribution < -0.4 is 5.32 Å². The lowest BCUT2D eigenvalue weighted by Gasteiger charge is -2.06. The van der Waals surface area contributed by atoms with Crippen LogP contribution in [0.4, 0.5) is 0 Å². The lowest BCUT2D eigenvalue weighted by atomic mass is 10.2. The zero-order chi connectivity index (χ0) is 11.3. The number of rotatable bonds is 4. The fourth-order valence-corrected chi connectivity index (χ4v) is 1.93. The first-order valence-electron chi connectivity index (χ1n) is 4.52. The van der Waals surface area contributed by atoms with Crippen LogP contribution in [0.1, 0.15) is 16.8 Å². The molecule has 4 heteroatoms. The maximum absolute atomic E-state index is 11.6. The van der Waals surface area contributed by atoms with Gasteiger partial charge in [0.05, 0.1) is 5.56 Å². The third-order valence-electron chi connectivity index (χ3n) is 1.84. The van der Waals surface area contributed by atoms with E-state index in [1.54, 1.807) is 18.2 Å². The van der Waals surface area contributed by atoms with E-state index in [4.69, 9.17) is 0 Å². The summed E-state index contributed by atoms with van der Waals surface area (Å²) >= 11 is 7.56. The van der Waals surface area contributed by atoms with Crippen LogP contribution in [-0.2, 0) is 0 Å². The molecule has 0 heterocycles. The Morgan fingerprint density at radius 1 is 1.60 bits per heavy atom. The second-order valence-electron chi connectivity index (χ2n) is 2.99. The van der Waals surface area contributed by atoms with E-state index in [1.807, 2.05) is 6.07 Å². The summed E-state index contributed by atoms with van der Waals surface area (Å²) in [5.74, 6) is -0.102. The molecule has 0 radical (unpaired) electrons. The van der Waals surface area contributed by atoms with Crippen molar-refractivity contribution in [2.75, 3.05) is 6.54 Å². The van der Waals surface area contributed by atoms with Gasteiger partial charge >= 0.3 is 0 Å². The second kappa shape index (κ2) is 5.98. The van der Waals surface area contributed by atoms with E-state index >= 15 is 0 Å². The van der Waals surface area contributed by atoms with Crippen molar-refractivity contribution in [2.24, 2.45) is 0 Å². The number of carbonyl (C=O) groups excluding carboxylic acids is 1. The van der Waals surface area contributed by atoms with Crippen LogP contribution >= 0.6 is 28.6 Å². The SMILES string of the molecule is C=CCCNC(=O)c1ccc(Br)cc1S. The third-order valence-corrected chi connectivity index (χ3v) is 2.70. The van der Waals surface area contributed by atoms with E-state index in [-0.39, 0.29) is 5.91 Å². The Morgan fingerprint density at radius 3 is 2.93 bits per heavy atom. The van der Waals surface area contributed by atoms with Gasteiger partial charge in [-0.1, -0.05) is 22.0 Å². The van der Waals surface area contributed by atoms with Crippen molar-refractivity contribution in [3.05, 3.63) is 40.9 Å². The van der Waals surface area contributed by atoms with Gasteiger partial charge in [-0.05, 0) is 24.6 Å². The molecule has 1 rings (SSSR count). The smallest absolute Gasteiger partial charge is 0.252 e. The Morgan fingerprint density at radius 2 is 2.33 bits per heavy atom. The Labute approximate surface area is 103 Å². The molecule has 1 aromatic carbocycles. The molecule has 0 unspecified atom stereocenters. The average Bonchev–Trinajstić information content (AvgIpc) is 2.17. The standard InChI is InChI=1S/C11H12BrNOS/c1-2-3-6-13-11(14)9-5-4-8(12)7-10(9)15/h2,4-5,7,15H,1,3,6H2,(H,13,14). The molecule has 0 aliphatic rings. The zero-order valence-electron chi connectivity index (χ0n) is 8.16. The summed E-state index contributed by atoms with van der Waals surface area (Å²) in [6.07, 6.45) is 2.54. The molecule has 1 N–H and O–H groups in total. The molecule has 0 aromatic heterocycles. The number of halogens is 1. The Bertz CT molecular complexity index is 379. The van der Waals surface area contributed by atoms with Gasteiger partial charge in [-0.2, -0.15) is 0 Å². The molecule has 2 nitrogen and oxygen atoms in total. The van der Waals surface area contributed by atoms with Gasteiger partial charge in [0.1, 0.15) is 0 Å². The quantitative estimate of drug-likeness (QED) is 0.497. The van der Waals surface area contributed by atoms with Gasteiger partial charge in [0.2, 0.25) is 0 Å². The molecule has 0 saturated heterocycles. The first kappa shape index (κ1) is 12.3. The summed E-state index contributed by atoms with van der Waals surface area (Å²) in [5, 5.41) is 2.79. The minimum absolute atomic E-state index is 0.102. The average molecular weight is 286 g/mol. The van der Waals surface area contributed by atoms with Gasteiger partial charge in [0, 0.05) is 15.9 Å². The second-order valence-corrected chi connectivity index (χ2v) is 4.39. The number of amides is 1. The topological polar surface area (TPSA) is 29.1 Å². The van der Waals surface area contributed by atoms with Crippen molar-refractivity contribution in [3.63, 3.8) is 0 Å². The number of carbonyl (C=O) groups is 1. The highest BCUT2D eigenvalue weighted by atomic mass is 79.9. The van der Waals surface area contributed by atoms with Crippen molar-refractivity contribution in [2.45, 2.75) is 11.3 Å². The number of hydrogen-bond acceptors (Lipinski definition) is 2. The molecular formula is C11H12BrNOS. The molecule has 1 amide bonds. The number of hydrogen-bond donors (Lipinski definition) is 2. The van der Waals surface area contributed by atoms with Gasteiger partial charge < -0.3 is 5.32 Å². The Hall–Kier alpha value is -0.740. The highest BCUT2D eigenvalue weighted by Gasteiger charge is 2.08. The number of thiol groups is 1. The molecule has 15 heavy (non-hydrogen) atoms. The van der Waals surface area contributed by atoms with Crippen LogP contribution in [0.15, 0.2) is 40.2 Å². The minimum atomic E-state index is -0.102. The molecule has 0 aliphatic carbocycles. The van der Waals surface area contributed by atoms with Crippen LogP contribution in [-0.4, -0.2) is 12.5 Å². The van der Waals surface area contributed by atoms with E-state index in [0.717, 1.165) is 10.9 Å². The third kappa shape index (κ3) is 3.72. The van der Waals surface area contributed by atoms with Crippen LogP contribution in [0.2, 0.25) is 0 Å². The van der Waals surface area contributed by atoms with Gasteiger partial charge in [-0.3, -0.25) is 4.79 Å². The van der Waals surface area contributed by atoms with E-state index in [9.17, 15) is 4.79 Å². The predicted molar refractivity (Wildman–Crippen MR) is 68.5 cm³/mol. The number of nitrogens with one attached hydrogen (secondary N) is 1. The van der Waals surface area contributed by atoms with E-state index in [2.05, 4.69) is 40.5 Å². The highest BCUT2D eigenvalue weighted by molar-refractivity contribution is 9.10. The van der Waals surface area contributed by atoms with Crippen LogP contribution in [0, 0.1) is 0 Å². The van der Waals surface area contributed by atoms with Crippen molar-refractivity contribution >= 4 is 34.5 Å². The fourth-order valence-electron chi connectivity index (χ4n) is 1.08. The Balaban J connectivity index is 2.69. The van der Waals surface area contributed by atoms with Gasteiger partial charge in [0.15, 0.2) is 0 Å². The maximum atomic E-state index is 11.6. The van der Waals surface area contributed by atoms with Crippen molar-refractivity contribution < 1.29 is 4.79 Å².